The summed E-state index contributed by atoms with van der Waals surface area (Å²) in [5.74, 6) is 0.220. The number of hydrogen-bond acceptors (Lipinski definition) is 3. The van der Waals surface area contributed by atoms with Crippen molar-refractivity contribution in [1.29, 1.82) is 0 Å². The molecule has 3 aromatic rings. The third kappa shape index (κ3) is 5.42. The Hall–Kier alpha value is -2.63. The molecule has 0 aromatic heterocycles. The van der Waals surface area contributed by atoms with Crippen molar-refractivity contribution < 1.29 is 9.53 Å². The molecule has 0 aliphatic carbocycles. The summed E-state index contributed by atoms with van der Waals surface area (Å²) in [6.45, 7) is -0.150. The largest absolute Gasteiger partial charge is 0.483 e. The lowest BCUT2D eigenvalue weighted by Gasteiger charge is -2.09. The predicted octanol–water partition coefficient (Wildman–Crippen LogP) is 5.30. The number of halogens is 2. The Bertz CT molecular complexity index is 961. The minimum Gasteiger partial charge on any atom is -0.483 e. The highest BCUT2D eigenvalue weighted by atomic mass is 79.9. The lowest BCUT2D eigenvalue weighted by molar-refractivity contribution is -0.123. The lowest BCUT2D eigenvalue weighted by Crippen LogP contribution is -2.24. The molecular formula is C21H16BrClN2O2. The van der Waals surface area contributed by atoms with Crippen molar-refractivity contribution in [1.82, 2.24) is 5.43 Å². The molecule has 0 spiro atoms. The normalized spacial score (nSPS) is 10.7. The molecule has 0 aliphatic rings. The maximum atomic E-state index is 11.9. The van der Waals surface area contributed by atoms with E-state index in [-0.39, 0.29) is 12.5 Å². The van der Waals surface area contributed by atoms with Gasteiger partial charge in [-0.05, 0) is 45.3 Å². The van der Waals surface area contributed by atoms with Crippen LogP contribution >= 0.6 is 27.5 Å². The fraction of sp³-hybridized carbons (Fsp3) is 0.0476. The molecule has 0 unspecified atom stereocenters. The third-order valence-corrected chi connectivity index (χ3v) is 4.66. The Morgan fingerprint density at radius 1 is 1.04 bits per heavy atom. The lowest BCUT2D eigenvalue weighted by atomic mass is 10.1. The Kier molecular flexibility index (Phi) is 6.63. The first-order valence-corrected chi connectivity index (χ1v) is 9.35. The summed E-state index contributed by atoms with van der Waals surface area (Å²) < 4.78 is 6.33. The zero-order valence-corrected chi connectivity index (χ0v) is 16.6. The predicted molar refractivity (Wildman–Crippen MR) is 112 cm³/mol. The zero-order valence-electron chi connectivity index (χ0n) is 14.2. The summed E-state index contributed by atoms with van der Waals surface area (Å²) in [7, 11) is 0. The Labute approximate surface area is 171 Å². The molecule has 0 atom stereocenters. The number of benzene rings is 3. The molecule has 0 radical (unpaired) electrons. The van der Waals surface area contributed by atoms with Gasteiger partial charge in [-0.3, -0.25) is 4.79 Å². The van der Waals surface area contributed by atoms with Gasteiger partial charge < -0.3 is 4.74 Å². The van der Waals surface area contributed by atoms with E-state index in [0.717, 1.165) is 21.2 Å². The Morgan fingerprint density at radius 2 is 1.78 bits per heavy atom. The first-order chi connectivity index (χ1) is 13.1. The van der Waals surface area contributed by atoms with E-state index in [4.69, 9.17) is 16.3 Å². The number of nitrogens with one attached hydrogen (secondary N) is 1. The molecule has 0 fully saturated rings. The van der Waals surface area contributed by atoms with Crippen molar-refractivity contribution in [2.24, 2.45) is 5.10 Å². The number of amides is 1. The SMILES string of the molecule is O=C(COc1ccc(-c2ccccc2)cc1Br)N/N=C/c1ccccc1Cl. The van der Waals surface area contributed by atoms with E-state index in [1.54, 1.807) is 12.1 Å². The highest BCUT2D eigenvalue weighted by molar-refractivity contribution is 9.10. The molecular weight excluding hydrogens is 428 g/mol. The van der Waals surface area contributed by atoms with Crippen LogP contribution in [0, 0.1) is 0 Å². The number of carbonyl (C=O) groups excluding carboxylic acids is 1. The summed E-state index contributed by atoms with van der Waals surface area (Å²) in [5, 5.41) is 4.45. The van der Waals surface area contributed by atoms with Gasteiger partial charge >= 0.3 is 0 Å². The van der Waals surface area contributed by atoms with E-state index in [1.165, 1.54) is 6.21 Å². The van der Waals surface area contributed by atoms with Crippen molar-refractivity contribution in [3.8, 4) is 16.9 Å². The van der Waals surface area contributed by atoms with E-state index in [2.05, 4.69) is 26.5 Å². The molecule has 3 rings (SSSR count). The topological polar surface area (TPSA) is 50.7 Å². The molecule has 0 heterocycles. The van der Waals surface area contributed by atoms with E-state index in [1.807, 2.05) is 60.7 Å². The van der Waals surface area contributed by atoms with E-state index >= 15 is 0 Å². The van der Waals surface area contributed by atoms with Gasteiger partial charge in [0, 0.05) is 10.6 Å². The van der Waals surface area contributed by atoms with Crippen LogP contribution in [0.5, 0.6) is 5.75 Å². The second-order valence-corrected chi connectivity index (χ2v) is 6.88. The average molecular weight is 444 g/mol. The average Bonchev–Trinajstić information content (AvgIpc) is 2.69. The van der Waals surface area contributed by atoms with E-state index in [0.29, 0.717) is 10.8 Å². The molecule has 0 saturated heterocycles. The van der Waals surface area contributed by atoms with Crippen LogP contribution in [0.4, 0.5) is 0 Å². The molecule has 0 aliphatic heterocycles. The number of nitrogens with zero attached hydrogens (tertiary/aromatic N) is 1. The van der Waals surface area contributed by atoms with Gasteiger partial charge in [0.25, 0.3) is 5.91 Å². The number of hydrogen-bond donors (Lipinski definition) is 1. The van der Waals surface area contributed by atoms with Crippen LogP contribution in [-0.2, 0) is 4.79 Å². The van der Waals surface area contributed by atoms with Crippen LogP contribution < -0.4 is 10.2 Å². The highest BCUT2D eigenvalue weighted by Gasteiger charge is 2.07. The minimum absolute atomic E-state index is 0.150. The molecule has 0 bridgehead atoms. The molecule has 0 saturated carbocycles. The smallest absolute Gasteiger partial charge is 0.277 e. The summed E-state index contributed by atoms with van der Waals surface area (Å²) in [6.07, 6.45) is 1.49. The van der Waals surface area contributed by atoms with Gasteiger partial charge in [0.05, 0.1) is 10.7 Å². The number of carbonyl (C=O) groups is 1. The molecule has 6 heteroatoms. The van der Waals surface area contributed by atoms with Gasteiger partial charge in [-0.15, -0.1) is 0 Å². The second-order valence-electron chi connectivity index (χ2n) is 5.61. The van der Waals surface area contributed by atoms with Crippen molar-refractivity contribution in [2.75, 3.05) is 6.61 Å². The van der Waals surface area contributed by atoms with Crippen LogP contribution in [0.3, 0.4) is 0 Å². The van der Waals surface area contributed by atoms with E-state index < -0.39 is 0 Å². The second kappa shape index (κ2) is 9.35. The summed E-state index contributed by atoms with van der Waals surface area (Å²) in [6, 6.07) is 23.0. The van der Waals surface area contributed by atoms with Gasteiger partial charge in [-0.2, -0.15) is 5.10 Å². The first kappa shape index (κ1) is 19.1. The molecule has 4 nitrogen and oxygen atoms in total. The molecule has 3 aromatic carbocycles. The standard InChI is InChI=1S/C21H16BrClN2O2/c22-18-12-16(15-6-2-1-3-7-15)10-11-20(18)27-14-21(26)25-24-13-17-8-4-5-9-19(17)23/h1-13H,14H2,(H,25,26)/b24-13+. The zero-order chi connectivity index (χ0) is 19.1. The summed E-state index contributed by atoms with van der Waals surface area (Å²) >= 11 is 9.51. The summed E-state index contributed by atoms with van der Waals surface area (Å²) in [5.41, 5.74) is 5.31. The van der Waals surface area contributed by atoms with Gasteiger partial charge in [0.1, 0.15) is 5.75 Å². The van der Waals surface area contributed by atoms with Crippen LogP contribution in [-0.4, -0.2) is 18.7 Å². The number of rotatable bonds is 6. The Balaban J connectivity index is 1.55. The maximum absolute atomic E-state index is 11.9. The minimum atomic E-state index is -0.364. The monoisotopic (exact) mass is 442 g/mol. The van der Waals surface area contributed by atoms with Gasteiger partial charge in [0.15, 0.2) is 6.61 Å². The van der Waals surface area contributed by atoms with Crippen LogP contribution in [0.25, 0.3) is 11.1 Å². The molecule has 1 amide bonds. The third-order valence-electron chi connectivity index (χ3n) is 3.70. The Morgan fingerprint density at radius 3 is 2.52 bits per heavy atom. The highest BCUT2D eigenvalue weighted by Crippen LogP contribution is 2.30. The fourth-order valence-corrected chi connectivity index (χ4v) is 3.04. The van der Waals surface area contributed by atoms with Crippen molar-refractivity contribution in [3.63, 3.8) is 0 Å². The quantitative estimate of drug-likeness (QED) is 0.415. The van der Waals surface area contributed by atoms with Crippen LogP contribution in [0.15, 0.2) is 82.4 Å². The molecule has 27 heavy (non-hydrogen) atoms. The number of hydrazone groups is 1. The van der Waals surface area contributed by atoms with E-state index in [9.17, 15) is 4.79 Å². The number of ether oxygens (including phenoxy) is 1. The van der Waals surface area contributed by atoms with Crippen molar-refractivity contribution in [3.05, 3.63) is 87.9 Å². The van der Waals surface area contributed by atoms with Crippen LogP contribution in [0.1, 0.15) is 5.56 Å². The van der Waals surface area contributed by atoms with Crippen molar-refractivity contribution >= 4 is 39.7 Å². The van der Waals surface area contributed by atoms with Crippen molar-refractivity contribution in [2.45, 2.75) is 0 Å². The van der Waals surface area contributed by atoms with Crippen LogP contribution in [0.2, 0.25) is 5.02 Å². The summed E-state index contributed by atoms with van der Waals surface area (Å²) in [4.78, 5) is 11.9. The van der Waals surface area contributed by atoms with Gasteiger partial charge in [-0.25, -0.2) is 5.43 Å². The molecule has 1 N–H and O–H groups in total. The first-order valence-electron chi connectivity index (χ1n) is 8.17. The fourth-order valence-electron chi connectivity index (χ4n) is 2.36. The van der Waals surface area contributed by atoms with Gasteiger partial charge in [-0.1, -0.05) is 66.2 Å². The molecule has 136 valence electrons. The van der Waals surface area contributed by atoms with Gasteiger partial charge in [0.2, 0.25) is 0 Å². The maximum Gasteiger partial charge on any atom is 0.277 e.